The summed E-state index contributed by atoms with van der Waals surface area (Å²) in [4.78, 5) is 22.7. The van der Waals surface area contributed by atoms with E-state index in [0.29, 0.717) is 17.0 Å². The highest BCUT2D eigenvalue weighted by molar-refractivity contribution is 5.94. The van der Waals surface area contributed by atoms with Crippen LogP contribution in [0.15, 0.2) is 42.5 Å². The van der Waals surface area contributed by atoms with Crippen molar-refractivity contribution in [2.75, 3.05) is 5.32 Å². The van der Waals surface area contributed by atoms with Crippen molar-refractivity contribution in [3.8, 4) is 5.75 Å². The van der Waals surface area contributed by atoms with Gasteiger partial charge >= 0.3 is 0 Å². The van der Waals surface area contributed by atoms with Crippen LogP contribution in [-0.4, -0.2) is 16.9 Å². The Hall–Kier alpha value is -2.89. The van der Waals surface area contributed by atoms with Crippen molar-refractivity contribution in [2.45, 2.75) is 46.1 Å². The SMILES string of the molecule is Cc1cc([N+](=O)[O-])ccc1NC(=O)C(C)Oc1ccc(C(C)(C)C)cc1. The van der Waals surface area contributed by atoms with Crippen LogP contribution in [-0.2, 0) is 10.2 Å². The van der Waals surface area contributed by atoms with Crippen molar-refractivity contribution in [3.63, 3.8) is 0 Å². The number of nitro groups is 1. The maximum Gasteiger partial charge on any atom is 0.269 e. The van der Waals surface area contributed by atoms with Crippen molar-refractivity contribution in [2.24, 2.45) is 0 Å². The summed E-state index contributed by atoms with van der Waals surface area (Å²) < 4.78 is 5.70. The second kappa shape index (κ2) is 7.56. The average molecular weight is 356 g/mol. The van der Waals surface area contributed by atoms with E-state index in [9.17, 15) is 14.9 Å². The Kier molecular flexibility index (Phi) is 5.65. The molecule has 1 atom stereocenters. The van der Waals surface area contributed by atoms with E-state index >= 15 is 0 Å². The maximum absolute atomic E-state index is 12.3. The molecule has 1 unspecified atom stereocenters. The fourth-order valence-corrected chi connectivity index (χ4v) is 2.43. The second-order valence-corrected chi connectivity index (χ2v) is 7.28. The molecule has 2 aromatic rings. The summed E-state index contributed by atoms with van der Waals surface area (Å²) in [6.07, 6.45) is -0.704. The zero-order valence-electron chi connectivity index (χ0n) is 15.7. The topological polar surface area (TPSA) is 81.5 Å². The lowest BCUT2D eigenvalue weighted by Gasteiger charge is -2.20. The van der Waals surface area contributed by atoms with Gasteiger partial charge in [0, 0.05) is 17.8 Å². The first kappa shape index (κ1) is 19.4. The monoisotopic (exact) mass is 356 g/mol. The third-order valence-corrected chi connectivity index (χ3v) is 4.08. The summed E-state index contributed by atoms with van der Waals surface area (Å²) in [6, 6.07) is 12.0. The minimum Gasteiger partial charge on any atom is -0.481 e. The van der Waals surface area contributed by atoms with Crippen LogP contribution in [0.5, 0.6) is 5.75 Å². The molecular formula is C20H24N2O4. The molecule has 1 amide bonds. The van der Waals surface area contributed by atoms with Gasteiger partial charge in [-0.15, -0.1) is 0 Å². The van der Waals surface area contributed by atoms with Gasteiger partial charge in [0.25, 0.3) is 11.6 Å². The first-order chi connectivity index (χ1) is 12.1. The van der Waals surface area contributed by atoms with E-state index in [1.807, 2.05) is 24.3 Å². The lowest BCUT2D eigenvalue weighted by molar-refractivity contribution is -0.384. The van der Waals surface area contributed by atoms with Crippen LogP contribution in [0.25, 0.3) is 0 Å². The smallest absolute Gasteiger partial charge is 0.269 e. The predicted molar refractivity (Wildman–Crippen MR) is 102 cm³/mol. The number of anilines is 1. The van der Waals surface area contributed by atoms with Crippen molar-refractivity contribution < 1.29 is 14.5 Å². The molecule has 0 spiro atoms. The summed E-state index contributed by atoms with van der Waals surface area (Å²) in [5.74, 6) is 0.294. The van der Waals surface area contributed by atoms with E-state index < -0.39 is 11.0 Å². The quantitative estimate of drug-likeness (QED) is 0.627. The van der Waals surface area contributed by atoms with Gasteiger partial charge in [0.05, 0.1) is 4.92 Å². The highest BCUT2D eigenvalue weighted by Gasteiger charge is 2.18. The third kappa shape index (κ3) is 4.81. The van der Waals surface area contributed by atoms with Gasteiger partial charge in [-0.3, -0.25) is 14.9 Å². The first-order valence-corrected chi connectivity index (χ1v) is 8.41. The number of amides is 1. The van der Waals surface area contributed by atoms with Gasteiger partial charge in [0.1, 0.15) is 5.75 Å². The van der Waals surface area contributed by atoms with Gasteiger partial charge in [-0.2, -0.15) is 0 Å². The standard InChI is InChI=1S/C20H24N2O4/c1-13-12-16(22(24)25)8-11-18(13)21-19(23)14(2)26-17-9-6-15(7-10-17)20(3,4)5/h6-12,14H,1-5H3,(H,21,23). The van der Waals surface area contributed by atoms with E-state index in [1.54, 1.807) is 13.8 Å². The lowest BCUT2D eigenvalue weighted by Crippen LogP contribution is -2.30. The number of carbonyl (C=O) groups excluding carboxylic acids is 1. The van der Waals surface area contributed by atoms with E-state index in [0.717, 1.165) is 0 Å². The molecule has 0 saturated heterocycles. The Morgan fingerprint density at radius 3 is 2.27 bits per heavy atom. The zero-order valence-corrected chi connectivity index (χ0v) is 15.7. The van der Waals surface area contributed by atoms with Gasteiger partial charge in [0.15, 0.2) is 6.10 Å². The second-order valence-electron chi connectivity index (χ2n) is 7.28. The number of ether oxygens (including phenoxy) is 1. The molecule has 6 heteroatoms. The summed E-state index contributed by atoms with van der Waals surface area (Å²) >= 11 is 0. The normalized spacial score (nSPS) is 12.3. The Balaban J connectivity index is 2.02. The number of hydrogen-bond acceptors (Lipinski definition) is 4. The average Bonchev–Trinajstić information content (AvgIpc) is 2.56. The van der Waals surface area contributed by atoms with Crippen LogP contribution in [0.1, 0.15) is 38.8 Å². The minimum atomic E-state index is -0.704. The van der Waals surface area contributed by atoms with E-state index in [1.165, 1.54) is 23.8 Å². The van der Waals surface area contributed by atoms with E-state index in [2.05, 4.69) is 26.1 Å². The van der Waals surface area contributed by atoms with Crippen LogP contribution in [0.2, 0.25) is 0 Å². The fourth-order valence-electron chi connectivity index (χ4n) is 2.43. The summed E-state index contributed by atoms with van der Waals surface area (Å²) in [7, 11) is 0. The molecule has 0 radical (unpaired) electrons. The van der Waals surface area contributed by atoms with Crippen LogP contribution < -0.4 is 10.1 Å². The van der Waals surface area contributed by atoms with Crippen LogP contribution in [0.3, 0.4) is 0 Å². The third-order valence-electron chi connectivity index (χ3n) is 4.08. The molecule has 0 aliphatic heterocycles. The molecule has 0 aliphatic carbocycles. The largest absolute Gasteiger partial charge is 0.481 e. The summed E-state index contributed by atoms with van der Waals surface area (Å²) in [5.41, 5.74) is 2.37. The van der Waals surface area contributed by atoms with E-state index in [-0.39, 0.29) is 17.0 Å². The molecule has 2 rings (SSSR count). The van der Waals surface area contributed by atoms with Gasteiger partial charge in [-0.05, 0) is 48.6 Å². The number of aryl methyl sites for hydroxylation is 1. The number of hydrogen-bond donors (Lipinski definition) is 1. The van der Waals surface area contributed by atoms with Crippen molar-refractivity contribution in [1.29, 1.82) is 0 Å². The van der Waals surface area contributed by atoms with Crippen LogP contribution >= 0.6 is 0 Å². The number of rotatable bonds is 5. The Labute approximate surface area is 153 Å². The first-order valence-electron chi connectivity index (χ1n) is 8.41. The van der Waals surface area contributed by atoms with E-state index in [4.69, 9.17) is 4.74 Å². The lowest BCUT2D eigenvalue weighted by atomic mass is 9.87. The molecule has 0 aromatic heterocycles. The molecule has 0 aliphatic rings. The zero-order chi connectivity index (χ0) is 19.5. The fraction of sp³-hybridized carbons (Fsp3) is 0.350. The minimum absolute atomic E-state index is 0.0104. The molecule has 0 bridgehead atoms. The number of nitrogens with one attached hydrogen (secondary N) is 1. The van der Waals surface area contributed by atoms with Gasteiger partial charge in [0.2, 0.25) is 0 Å². The highest BCUT2D eigenvalue weighted by Crippen LogP contribution is 2.25. The number of nitro benzene ring substituents is 1. The molecule has 1 N–H and O–H groups in total. The molecule has 2 aromatic carbocycles. The molecular weight excluding hydrogens is 332 g/mol. The highest BCUT2D eigenvalue weighted by atomic mass is 16.6. The molecule has 26 heavy (non-hydrogen) atoms. The molecule has 0 fully saturated rings. The van der Waals surface area contributed by atoms with Gasteiger partial charge < -0.3 is 10.1 Å². The summed E-state index contributed by atoms with van der Waals surface area (Å²) in [5, 5.41) is 13.5. The molecule has 6 nitrogen and oxygen atoms in total. The Bertz CT molecular complexity index is 808. The number of nitrogens with zero attached hydrogens (tertiary/aromatic N) is 1. The van der Waals surface area contributed by atoms with Crippen molar-refractivity contribution in [1.82, 2.24) is 0 Å². The maximum atomic E-state index is 12.3. The van der Waals surface area contributed by atoms with Gasteiger partial charge in [-0.25, -0.2) is 0 Å². The number of non-ortho nitro benzene ring substituents is 1. The number of carbonyl (C=O) groups is 1. The summed E-state index contributed by atoms with van der Waals surface area (Å²) in [6.45, 7) is 9.76. The van der Waals surface area contributed by atoms with Crippen LogP contribution in [0, 0.1) is 17.0 Å². The van der Waals surface area contributed by atoms with Gasteiger partial charge in [-0.1, -0.05) is 32.9 Å². The predicted octanol–water partition coefficient (Wildman–Crippen LogP) is 4.61. The molecule has 0 heterocycles. The van der Waals surface area contributed by atoms with Crippen molar-refractivity contribution in [3.05, 3.63) is 63.7 Å². The Morgan fingerprint density at radius 1 is 1.15 bits per heavy atom. The Morgan fingerprint density at radius 2 is 1.77 bits per heavy atom. The number of benzene rings is 2. The molecule has 0 saturated carbocycles. The van der Waals surface area contributed by atoms with Crippen LogP contribution in [0.4, 0.5) is 11.4 Å². The molecule has 138 valence electrons. The van der Waals surface area contributed by atoms with Crippen molar-refractivity contribution >= 4 is 17.3 Å².